The monoisotopic (exact) mass is 328 g/mol. The molecule has 6 nitrogen and oxygen atoms in total. The topological polar surface area (TPSA) is 69.9 Å². The van der Waals surface area contributed by atoms with Crippen LogP contribution in [0.4, 0.5) is 0 Å². The molecule has 1 aliphatic carbocycles. The van der Waals surface area contributed by atoms with Gasteiger partial charge in [-0.05, 0) is 57.9 Å². The second-order valence-corrected chi connectivity index (χ2v) is 6.65. The Kier molecular flexibility index (Phi) is 4.92. The molecule has 0 N–H and O–H groups in total. The Morgan fingerprint density at radius 1 is 1.21 bits per heavy atom. The van der Waals surface area contributed by atoms with Gasteiger partial charge in [-0.25, -0.2) is 14.6 Å². The van der Waals surface area contributed by atoms with Crippen LogP contribution in [0.2, 0.25) is 0 Å². The molecule has 0 atom stereocenters. The van der Waals surface area contributed by atoms with Gasteiger partial charge in [0.25, 0.3) is 0 Å². The molecular weight excluding hydrogens is 304 g/mol. The predicted molar refractivity (Wildman–Crippen MR) is 89.8 cm³/mol. The Morgan fingerprint density at radius 2 is 1.96 bits per heavy atom. The van der Waals surface area contributed by atoms with Crippen LogP contribution < -0.4 is 0 Å². The molecule has 1 fully saturated rings. The van der Waals surface area contributed by atoms with E-state index in [1.54, 1.807) is 6.33 Å². The molecule has 2 aromatic heterocycles. The molecule has 128 valence electrons. The number of rotatable bonds is 4. The maximum Gasteiger partial charge on any atom is 0.308 e. The second-order valence-electron chi connectivity index (χ2n) is 6.65. The van der Waals surface area contributed by atoms with Gasteiger partial charge in [-0.1, -0.05) is 0 Å². The summed E-state index contributed by atoms with van der Waals surface area (Å²) in [5, 5.41) is 4.48. The van der Waals surface area contributed by atoms with E-state index in [9.17, 15) is 4.79 Å². The molecular formula is C18H24N4O2. The van der Waals surface area contributed by atoms with Gasteiger partial charge in [0, 0.05) is 17.5 Å². The Bertz CT molecular complexity index is 718. The number of hydrogen-bond donors (Lipinski definition) is 0. The summed E-state index contributed by atoms with van der Waals surface area (Å²) in [6, 6.07) is 4.06. The van der Waals surface area contributed by atoms with Crippen molar-refractivity contribution in [3.8, 4) is 5.82 Å². The highest BCUT2D eigenvalue weighted by atomic mass is 16.5. The molecule has 1 aliphatic rings. The van der Waals surface area contributed by atoms with E-state index in [4.69, 9.17) is 4.74 Å². The molecule has 6 heteroatoms. The van der Waals surface area contributed by atoms with Crippen molar-refractivity contribution in [3.05, 3.63) is 35.5 Å². The lowest BCUT2D eigenvalue weighted by molar-refractivity contribution is -0.146. The first-order valence-electron chi connectivity index (χ1n) is 8.49. The van der Waals surface area contributed by atoms with Crippen molar-refractivity contribution in [2.75, 3.05) is 7.11 Å². The maximum atomic E-state index is 11.6. The van der Waals surface area contributed by atoms with Gasteiger partial charge in [0.05, 0.1) is 18.7 Å². The zero-order valence-corrected chi connectivity index (χ0v) is 14.5. The summed E-state index contributed by atoms with van der Waals surface area (Å²) in [4.78, 5) is 20.4. The minimum atomic E-state index is -0.0673. The molecule has 1 saturated carbocycles. The standard InChI is InChI=1S/C18H24N4O2/c1-12-8-13(2)22(21-12)17-10-16(19-11-20-17)9-14-4-6-15(7-5-14)18(23)24-3/h8,10-11,14-15H,4-7,9H2,1-3H3. The lowest BCUT2D eigenvalue weighted by Crippen LogP contribution is -2.24. The Balaban J connectivity index is 1.66. The third kappa shape index (κ3) is 3.63. The molecule has 0 aliphatic heterocycles. The zero-order chi connectivity index (χ0) is 17.1. The van der Waals surface area contributed by atoms with Crippen LogP contribution in [0.3, 0.4) is 0 Å². The van der Waals surface area contributed by atoms with Crippen molar-refractivity contribution in [2.24, 2.45) is 11.8 Å². The van der Waals surface area contributed by atoms with E-state index in [-0.39, 0.29) is 11.9 Å². The van der Waals surface area contributed by atoms with Gasteiger partial charge in [-0.2, -0.15) is 5.10 Å². The molecule has 0 amide bonds. The molecule has 0 bridgehead atoms. The van der Waals surface area contributed by atoms with Gasteiger partial charge in [-0.15, -0.1) is 0 Å². The van der Waals surface area contributed by atoms with Crippen molar-refractivity contribution in [3.63, 3.8) is 0 Å². The number of nitrogens with zero attached hydrogens (tertiary/aromatic N) is 4. The van der Waals surface area contributed by atoms with Crippen LogP contribution in [0, 0.1) is 25.7 Å². The lowest BCUT2D eigenvalue weighted by atomic mass is 9.80. The number of methoxy groups -OCH3 is 1. The van der Waals surface area contributed by atoms with Crippen molar-refractivity contribution in [1.82, 2.24) is 19.7 Å². The first-order valence-corrected chi connectivity index (χ1v) is 8.49. The van der Waals surface area contributed by atoms with E-state index in [0.29, 0.717) is 5.92 Å². The summed E-state index contributed by atoms with van der Waals surface area (Å²) >= 11 is 0. The summed E-state index contributed by atoms with van der Waals surface area (Å²) in [7, 11) is 1.47. The molecule has 0 aromatic carbocycles. The normalized spacial score (nSPS) is 20.8. The van der Waals surface area contributed by atoms with Crippen LogP contribution in [0.15, 0.2) is 18.5 Å². The van der Waals surface area contributed by atoms with Crippen molar-refractivity contribution in [2.45, 2.75) is 46.0 Å². The predicted octanol–water partition coefficient (Wildman–Crippen LogP) is 2.80. The summed E-state index contributed by atoms with van der Waals surface area (Å²) in [5.74, 6) is 1.38. The Hall–Kier alpha value is -2.24. The van der Waals surface area contributed by atoms with Crippen LogP contribution in [-0.2, 0) is 16.0 Å². The lowest BCUT2D eigenvalue weighted by Gasteiger charge is -2.26. The number of ether oxygens (including phenoxy) is 1. The molecule has 24 heavy (non-hydrogen) atoms. The molecule has 3 rings (SSSR count). The molecule has 0 radical (unpaired) electrons. The minimum absolute atomic E-state index is 0.0673. The van der Waals surface area contributed by atoms with Gasteiger partial charge < -0.3 is 4.74 Å². The number of hydrogen-bond acceptors (Lipinski definition) is 5. The first-order chi connectivity index (χ1) is 11.6. The molecule has 0 saturated heterocycles. The minimum Gasteiger partial charge on any atom is -0.469 e. The van der Waals surface area contributed by atoms with E-state index in [0.717, 1.165) is 55.0 Å². The number of carbonyl (C=O) groups excluding carboxylic acids is 1. The third-order valence-corrected chi connectivity index (χ3v) is 4.81. The van der Waals surface area contributed by atoms with Crippen LogP contribution in [0.25, 0.3) is 5.82 Å². The summed E-state index contributed by atoms with van der Waals surface area (Å²) in [5.41, 5.74) is 3.08. The fourth-order valence-corrected chi connectivity index (χ4v) is 3.54. The third-order valence-electron chi connectivity index (χ3n) is 4.81. The number of aromatic nitrogens is 4. The average Bonchev–Trinajstić information content (AvgIpc) is 2.93. The van der Waals surface area contributed by atoms with Gasteiger partial charge in [0.1, 0.15) is 6.33 Å². The van der Waals surface area contributed by atoms with Crippen LogP contribution >= 0.6 is 0 Å². The fraction of sp³-hybridized carbons (Fsp3) is 0.556. The zero-order valence-electron chi connectivity index (χ0n) is 14.5. The van der Waals surface area contributed by atoms with Gasteiger partial charge in [0.2, 0.25) is 0 Å². The average molecular weight is 328 g/mol. The number of carbonyl (C=O) groups is 1. The number of esters is 1. The van der Waals surface area contributed by atoms with Crippen LogP contribution in [-0.4, -0.2) is 32.8 Å². The smallest absolute Gasteiger partial charge is 0.308 e. The van der Waals surface area contributed by atoms with E-state index < -0.39 is 0 Å². The molecule has 2 heterocycles. The largest absolute Gasteiger partial charge is 0.469 e. The maximum absolute atomic E-state index is 11.6. The molecule has 0 unspecified atom stereocenters. The van der Waals surface area contributed by atoms with E-state index in [1.807, 2.05) is 30.7 Å². The van der Waals surface area contributed by atoms with E-state index in [2.05, 4.69) is 15.1 Å². The Labute approximate surface area is 142 Å². The van der Waals surface area contributed by atoms with Crippen LogP contribution in [0.5, 0.6) is 0 Å². The van der Waals surface area contributed by atoms with Crippen molar-refractivity contribution < 1.29 is 9.53 Å². The van der Waals surface area contributed by atoms with E-state index in [1.165, 1.54) is 7.11 Å². The molecule has 0 spiro atoms. The molecule has 2 aromatic rings. The van der Waals surface area contributed by atoms with Crippen LogP contribution in [0.1, 0.15) is 42.8 Å². The van der Waals surface area contributed by atoms with Crippen molar-refractivity contribution >= 4 is 5.97 Å². The van der Waals surface area contributed by atoms with Gasteiger partial charge >= 0.3 is 5.97 Å². The number of aryl methyl sites for hydroxylation is 2. The highest BCUT2D eigenvalue weighted by molar-refractivity contribution is 5.72. The first kappa shape index (κ1) is 16.6. The SMILES string of the molecule is COC(=O)C1CCC(Cc2cc(-n3nc(C)cc3C)ncn2)CC1. The quantitative estimate of drug-likeness (QED) is 0.807. The highest BCUT2D eigenvalue weighted by Gasteiger charge is 2.27. The van der Waals surface area contributed by atoms with Crippen molar-refractivity contribution in [1.29, 1.82) is 0 Å². The highest BCUT2D eigenvalue weighted by Crippen LogP contribution is 2.31. The fourth-order valence-electron chi connectivity index (χ4n) is 3.54. The van der Waals surface area contributed by atoms with Gasteiger partial charge in [0.15, 0.2) is 5.82 Å². The summed E-state index contributed by atoms with van der Waals surface area (Å²) < 4.78 is 6.71. The second kappa shape index (κ2) is 7.11. The van der Waals surface area contributed by atoms with E-state index >= 15 is 0 Å². The van der Waals surface area contributed by atoms with Gasteiger partial charge in [-0.3, -0.25) is 4.79 Å². The summed E-state index contributed by atoms with van der Waals surface area (Å²) in [6.45, 7) is 4.00. The Morgan fingerprint density at radius 3 is 2.58 bits per heavy atom. The summed E-state index contributed by atoms with van der Waals surface area (Å²) in [6.07, 6.45) is 6.43.